The summed E-state index contributed by atoms with van der Waals surface area (Å²) in [5.41, 5.74) is 3.85. The summed E-state index contributed by atoms with van der Waals surface area (Å²) in [6, 6.07) is 19.0. The Balaban J connectivity index is 2.37. The lowest BCUT2D eigenvalue weighted by atomic mass is 10.0. The largest absolute Gasteiger partial charge is 0.103 e. The van der Waals surface area contributed by atoms with Crippen LogP contribution in [0.3, 0.4) is 0 Å². The lowest BCUT2D eigenvalue weighted by Gasteiger charge is -2.03. The number of rotatable bonds is 3. The molecule has 0 fully saturated rings. The first kappa shape index (κ1) is 9.72. The predicted molar refractivity (Wildman–Crippen MR) is 65.8 cm³/mol. The van der Waals surface area contributed by atoms with Gasteiger partial charge in [0.1, 0.15) is 0 Å². The molecule has 0 heterocycles. The zero-order valence-corrected chi connectivity index (χ0v) is 8.69. The van der Waals surface area contributed by atoms with Gasteiger partial charge in [0.15, 0.2) is 0 Å². The summed E-state index contributed by atoms with van der Waals surface area (Å²) >= 11 is 0. The van der Waals surface area contributed by atoms with Crippen LogP contribution in [0.15, 0.2) is 67.3 Å². The maximum atomic E-state index is 3.76. The molecule has 0 atom stereocenters. The molecule has 0 amide bonds. The molecule has 15 heavy (non-hydrogen) atoms. The van der Waals surface area contributed by atoms with E-state index in [1.54, 1.807) is 0 Å². The third-order valence-electron chi connectivity index (χ3n) is 2.41. The van der Waals surface area contributed by atoms with E-state index in [1.165, 1.54) is 16.7 Å². The molecule has 0 saturated carbocycles. The molecule has 0 nitrogen and oxygen atoms in total. The van der Waals surface area contributed by atoms with Gasteiger partial charge in [0, 0.05) is 0 Å². The van der Waals surface area contributed by atoms with Gasteiger partial charge in [0.05, 0.1) is 0 Å². The average Bonchev–Trinajstić information content (AvgIpc) is 2.31. The Morgan fingerprint density at radius 2 is 1.60 bits per heavy atom. The van der Waals surface area contributed by atoms with E-state index in [0.29, 0.717) is 0 Å². The maximum absolute atomic E-state index is 3.76. The van der Waals surface area contributed by atoms with Crippen molar-refractivity contribution < 1.29 is 0 Å². The Hall–Kier alpha value is -1.82. The Kier molecular flexibility index (Phi) is 2.99. The quantitative estimate of drug-likeness (QED) is 0.646. The van der Waals surface area contributed by atoms with Crippen LogP contribution in [-0.2, 0) is 6.42 Å². The van der Waals surface area contributed by atoms with Gasteiger partial charge in [-0.2, -0.15) is 0 Å². The van der Waals surface area contributed by atoms with Gasteiger partial charge < -0.3 is 0 Å². The monoisotopic (exact) mass is 194 g/mol. The van der Waals surface area contributed by atoms with Gasteiger partial charge in [-0.25, -0.2) is 0 Å². The fourth-order valence-corrected chi connectivity index (χ4v) is 1.68. The van der Waals surface area contributed by atoms with Crippen molar-refractivity contribution in [3.05, 3.63) is 72.8 Å². The molecule has 74 valence electrons. The summed E-state index contributed by atoms with van der Waals surface area (Å²) in [5.74, 6) is 0. The molecule has 0 heteroatoms. The summed E-state index contributed by atoms with van der Waals surface area (Å²) in [5, 5.41) is 0. The maximum Gasteiger partial charge on any atom is -0.00999 e. The van der Waals surface area contributed by atoms with E-state index in [-0.39, 0.29) is 0 Å². The zero-order chi connectivity index (χ0) is 10.5. The van der Waals surface area contributed by atoms with E-state index < -0.39 is 0 Å². The molecule has 2 rings (SSSR count). The van der Waals surface area contributed by atoms with Crippen molar-refractivity contribution in [2.24, 2.45) is 0 Å². The molecule has 0 aliphatic rings. The highest BCUT2D eigenvalue weighted by Crippen LogP contribution is 2.20. The van der Waals surface area contributed by atoms with Crippen LogP contribution in [0.5, 0.6) is 0 Å². The molecule has 0 spiro atoms. The van der Waals surface area contributed by atoms with Crippen molar-refractivity contribution in [2.45, 2.75) is 6.42 Å². The lowest BCUT2D eigenvalue weighted by molar-refractivity contribution is 1.28. The Morgan fingerprint density at radius 1 is 0.867 bits per heavy atom. The van der Waals surface area contributed by atoms with E-state index in [1.807, 2.05) is 12.1 Å². The molecule has 0 bridgehead atoms. The highest BCUT2D eigenvalue weighted by Gasteiger charge is 1.96. The van der Waals surface area contributed by atoms with Gasteiger partial charge in [-0.1, -0.05) is 60.7 Å². The SMILES string of the molecule is C=CCc1cccc(-c2ccccc2)c1. The van der Waals surface area contributed by atoms with Crippen LogP contribution in [-0.4, -0.2) is 0 Å². The van der Waals surface area contributed by atoms with Gasteiger partial charge >= 0.3 is 0 Å². The minimum Gasteiger partial charge on any atom is -0.103 e. The minimum atomic E-state index is 0.931. The third kappa shape index (κ3) is 2.35. The van der Waals surface area contributed by atoms with Crippen LogP contribution in [0.1, 0.15) is 5.56 Å². The normalized spacial score (nSPS) is 9.87. The summed E-state index contributed by atoms with van der Waals surface area (Å²) in [6.07, 6.45) is 2.87. The lowest BCUT2D eigenvalue weighted by Crippen LogP contribution is -1.82. The summed E-state index contributed by atoms with van der Waals surface area (Å²) in [7, 11) is 0. The fraction of sp³-hybridized carbons (Fsp3) is 0.0667. The van der Waals surface area contributed by atoms with Crippen molar-refractivity contribution in [3.63, 3.8) is 0 Å². The van der Waals surface area contributed by atoms with Crippen molar-refractivity contribution >= 4 is 0 Å². The Labute approximate surface area is 90.9 Å². The first-order valence-electron chi connectivity index (χ1n) is 5.15. The van der Waals surface area contributed by atoms with E-state index >= 15 is 0 Å². The van der Waals surface area contributed by atoms with Crippen molar-refractivity contribution in [1.29, 1.82) is 0 Å². The second-order valence-electron chi connectivity index (χ2n) is 3.56. The number of benzene rings is 2. The van der Waals surface area contributed by atoms with Crippen molar-refractivity contribution in [3.8, 4) is 11.1 Å². The minimum absolute atomic E-state index is 0.931. The van der Waals surface area contributed by atoms with Crippen molar-refractivity contribution in [2.75, 3.05) is 0 Å². The standard InChI is InChI=1S/C15H14/c1-2-7-13-8-6-11-15(12-13)14-9-4-3-5-10-14/h2-6,8-12H,1,7H2. The Bertz CT molecular complexity index is 441. The van der Waals surface area contributed by atoms with Gasteiger partial charge in [-0.05, 0) is 23.1 Å². The van der Waals surface area contributed by atoms with Crippen LogP contribution in [0.25, 0.3) is 11.1 Å². The molecular weight excluding hydrogens is 180 g/mol. The third-order valence-corrected chi connectivity index (χ3v) is 2.41. The molecule has 0 aliphatic heterocycles. The van der Waals surface area contributed by atoms with Gasteiger partial charge in [-0.15, -0.1) is 6.58 Å². The number of hydrogen-bond donors (Lipinski definition) is 0. The zero-order valence-electron chi connectivity index (χ0n) is 8.69. The Morgan fingerprint density at radius 3 is 2.33 bits per heavy atom. The molecule has 2 aromatic carbocycles. The molecule has 0 saturated heterocycles. The van der Waals surface area contributed by atoms with Crippen LogP contribution < -0.4 is 0 Å². The fourth-order valence-electron chi connectivity index (χ4n) is 1.68. The van der Waals surface area contributed by atoms with Crippen LogP contribution in [0.2, 0.25) is 0 Å². The van der Waals surface area contributed by atoms with E-state index in [0.717, 1.165) is 6.42 Å². The molecule has 0 aliphatic carbocycles. The molecular formula is C15H14. The van der Waals surface area contributed by atoms with Gasteiger partial charge in [-0.3, -0.25) is 0 Å². The summed E-state index contributed by atoms with van der Waals surface area (Å²) < 4.78 is 0. The summed E-state index contributed by atoms with van der Waals surface area (Å²) in [6.45, 7) is 3.76. The van der Waals surface area contributed by atoms with Crippen molar-refractivity contribution in [1.82, 2.24) is 0 Å². The second kappa shape index (κ2) is 4.61. The predicted octanol–water partition coefficient (Wildman–Crippen LogP) is 4.08. The molecule has 0 radical (unpaired) electrons. The van der Waals surface area contributed by atoms with E-state index in [2.05, 4.69) is 55.1 Å². The average molecular weight is 194 g/mol. The van der Waals surface area contributed by atoms with Crippen LogP contribution in [0, 0.1) is 0 Å². The molecule has 0 aromatic heterocycles. The topological polar surface area (TPSA) is 0 Å². The van der Waals surface area contributed by atoms with Crippen LogP contribution >= 0.6 is 0 Å². The van der Waals surface area contributed by atoms with E-state index in [4.69, 9.17) is 0 Å². The summed E-state index contributed by atoms with van der Waals surface area (Å²) in [4.78, 5) is 0. The van der Waals surface area contributed by atoms with Gasteiger partial charge in [0.25, 0.3) is 0 Å². The molecule has 0 N–H and O–H groups in total. The first-order chi connectivity index (χ1) is 7.40. The highest BCUT2D eigenvalue weighted by atomic mass is 14.0. The highest BCUT2D eigenvalue weighted by molar-refractivity contribution is 5.63. The smallest absolute Gasteiger partial charge is 0.00999 e. The first-order valence-corrected chi connectivity index (χ1v) is 5.15. The van der Waals surface area contributed by atoms with E-state index in [9.17, 15) is 0 Å². The van der Waals surface area contributed by atoms with Gasteiger partial charge in [0.2, 0.25) is 0 Å². The van der Waals surface area contributed by atoms with Crippen LogP contribution in [0.4, 0.5) is 0 Å². The number of hydrogen-bond acceptors (Lipinski definition) is 0. The number of allylic oxidation sites excluding steroid dienone is 1. The second-order valence-corrected chi connectivity index (χ2v) is 3.56. The molecule has 0 unspecified atom stereocenters. The molecule has 2 aromatic rings.